The van der Waals surface area contributed by atoms with Crippen molar-refractivity contribution in [2.75, 3.05) is 7.11 Å². The molecular formula is C22H26O7. The number of methoxy groups -OCH3 is 1. The highest BCUT2D eigenvalue weighted by Crippen LogP contribution is 2.46. The molecule has 0 bridgehead atoms. The van der Waals surface area contributed by atoms with Crippen LogP contribution in [0.1, 0.15) is 25.3 Å². The van der Waals surface area contributed by atoms with Crippen LogP contribution >= 0.6 is 0 Å². The molecular weight excluding hydrogens is 376 g/mol. The molecule has 1 fully saturated rings. The van der Waals surface area contributed by atoms with Gasteiger partial charge in [0.1, 0.15) is 18.0 Å². The molecule has 6 atom stereocenters. The molecule has 0 radical (unpaired) electrons. The number of rotatable bonds is 8. The maximum absolute atomic E-state index is 12.0. The summed E-state index contributed by atoms with van der Waals surface area (Å²) in [5.41, 5.74) is 0.817. The fraction of sp³-hybridized carbons (Fsp3) is 0.455. The van der Waals surface area contributed by atoms with Crippen LogP contribution in [0, 0.1) is 11.8 Å². The summed E-state index contributed by atoms with van der Waals surface area (Å²) < 4.78 is 15.5. The van der Waals surface area contributed by atoms with Crippen molar-refractivity contribution >= 4 is 18.0 Å². The summed E-state index contributed by atoms with van der Waals surface area (Å²) in [5, 5.41) is 20.9. The molecule has 0 unspecified atom stereocenters. The molecule has 7 heteroatoms. The average molecular weight is 402 g/mol. The topological polar surface area (TPSA) is 102 Å². The molecule has 0 aromatic heterocycles. The number of carbonyl (C=O) groups excluding carboxylic acids is 2. The van der Waals surface area contributed by atoms with Gasteiger partial charge in [0.15, 0.2) is 0 Å². The molecule has 7 nitrogen and oxygen atoms in total. The van der Waals surface area contributed by atoms with Gasteiger partial charge in [0, 0.05) is 18.6 Å². The summed E-state index contributed by atoms with van der Waals surface area (Å²) in [7, 11) is 1.58. The maximum atomic E-state index is 12.0. The number of aliphatic hydroxyl groups excluding tert-OH is 2. The van der Waals surface area contributed by atoms with E-state index < -0.39 is 36.4 Å². The number of hydrogen-bond acceptors (Lipinski definition) is 7. The van der Waals surface area contributed by atoms with Crippen LogP contribution in [0.15, 0.2) is 42.5 Å². The average Bonchev–Trinajstić information content (AvgIpc) is 3.52. The minimum atomic E-state index is -0.900. The Labute approximate surface area is 169 Å². The highest BCUT2D eigenvalue weighted by Gasteiger charge is 2.51. The Balaban J connectivity index is 1.47. The van der Waals surface area contributed by atoms with E-state index in [1.807, 2.05) is 12.1 Å². The van der Waals surface area contributed by atoms with Gasteiger partial charge in [-0.15, -0.1) is 0 Å². The molecule has 1 aliphatic heterocycles. The number of benzene rings is 1. The molecule has 1 aromatic rings. The van der Waals surface area contributed by atoms with E-state index in [0.717, 1.165) is 11.3 Å². The minimum absolute atomic E-state index is 0.190. The first-order valence-corrected chi connectivity index (χ1v) is 9.65. The van der Waals surface area contributed by atoms with E-state index in [1.54, 1.807) is 38.3 Å². The van der Waals surface area contributed by atoms with Crippen LogP contribution in [0.5, 0.6) is 5.75 Å². The van der Waals surface area contributed by atoms with E-state index in [4.69, 9.17) is 14.2 Å². The van der Waals surface area contributed by atoms with Crippen molar-refractivity contribution in [1.29, 1.82) is 0 Å². The Morgan fingerprint density at radius 3 is 2.62 bits per heavy atom. The van der Waals surface area contributed by atoms with Crippen molar-refractivity contribution in [3.8, 4) is 5.75 Å². The smallest absolute Gasteiger partial charge is 0.331 e. The van der Waals surface area contributed by atoms with Gasteiger partial charge in [0.2, 0.25) is 0 Å². The van der Waals surface area contributed by atoms with Crippen molar-refractivity contribution in [3.63, 3.8) is 0 Å². The van der Waals surface area contributed by atoms with E-state index in [-0.39, 0.29) is 11.8 Å². The van der Waals surface area contributed by atoms with Gasteiger partial charge in [0.05, 0.1) is 19.3 Å². The molecule has 1 heterocycles. The Kier molecular flexibility index (Phi) is 6.71. The first kappa shape index (κ1) is 21.1. The normalized spacial score (nSPS) is 26.5. The molecule has 0 spiro atoms. The third-order valence-electron chi connectivity index (χ3n) is 5.35. The zero-order valence-corrected chi connectivity index (χ0v) is 16.4. The van der Waals surface area contributed by atoms with Crippen molar-refractivity contribution in [3.05, 3.63) is 48.1 Å². The van der Waals surface area contributed by atoms with E-state index in [1.165, 1.54) is 12.2 Å². The third kappa shape index (κ3) is 5.46. The molecule has 1 aliphatic carbocycles. The maximum Gasteiger partial charge on any atom is 0.331 e. The summed E-state index contributed by atoms with van der Waals surface area (Å²) in [6.07, 6.45) is 3.91. The Morgan fingerprint density at radius 1 is 1.24 bits per heavy atom. The lowest BCUT2D eigenvalue weighted by Crippen LogP contribution is -2.37. The van der Waals surface area contributed by atoms with Crippen LogP contribution in [0.25, 0.3) is 6.08 Å². The zero-order chi connectivity index (χ0) is 21.0. The Morgan fingerprint density at radius 2 is 1.97 bits per heavy atom. The number of esters is 2. The second-order valence-corrected chi connectivity index (χ2v) is 7.41. The van der Waals surface area contributed by atoms with Crippen molar-refractivity contribution in [2.24, 2.45) is 11.8 Å². The molecule has 1 aromatic carbocycles. The quantitative estimate of drug-likeness (QED) is 0.505. The van der Waals surface area contributed by atoms with Gasteiger partial charge in [-0.05, 0) is 49.0 Å². The minimum Gasteiger partial charge on any atom is -0.497 e. The molecule has 0 amide bonds. The van der Waals surface area contributed by atoms with Crippen LogP contribution in [-0.4, -0.2) is 53.7 Å². The predicted molar refractivity (Wildman–Crippen MR) is 105 cm³/mol. The van der Waals surface area contributed by atoms with Crippen LogP contribution in [-0.2, 0) is 19.1 Å². The third-order valence-corrected chi connectivity index (χ3v) is 5.35. The van der Waals surface area contributed by atoms with Crippen molar-refractivity contribution in [2.45, 2.75) is 44.2 Å². The predicted octanol–water partition coefficient (Wildman–Crippen LogP) is 1.87. The van der Waals surface area contributed by atoms with Gasteiger partial charge < -0.3 is 24.4 Å². The summed E-state index contributed by atoms with van der Waals surface area (Å²) >= 11 is 0. The van der Waals surface area contributed by atoms with Crippen LogP contribution in [0.3, 0.4) is 0 Å². The van der Waals surface area contributed by atoms with E-state index in [2.05, 4.69) is 0 Å². The molecule has 156 valence electrons. The van der Waals surface area contributed by atoms with Gasteiger partial charge in [-0.3, -0.25) is 0 Å². The SMILES string of the molecule is COc1ccc(/C=C/C(=O)O[C@H](C)[C@H](O)[C@H]2C[C@@H]2[C@H](O)[C@H]2CC=CC(=O)O2)cc1. The zero-order valence-electron chi connectivity index (χ0n) is 16.4. The molecule has 1 saturated carbocycles. The summed E-state index contributed by atoms with van der Waals surface area (Å²) in [4.78, 5) is 23.4. The number of aliphatic hydroxyl groups is 2. The molecule has 2 N–H and O–H groups in total. The van der Waals surface area contributed by atoms with Crippen molar-refractivity contribution < 1.29 is 34.0 Å². The first-order valence-electron chi connectivity index (χ1n) is 9.65. The fourth-order valence-corrected chi connectivity index (χ4v) is 3.56. The number of ether oxygens (including phenoxy) is 3. The highest BCUT2D eigenvalue weighted by molar-refractivity contribution is 5.87. The summed E-state index contributed by atoms with van der Waals surface area (Å²) in [6, 6.07) is 7.19. The monoisotopic (exact) mass is 402 g/mol. The number of cyclic esters (lactones) is 1. The van der Waals surface area contributed by atoms with E-state index in [9.17, 15) is 19.8 Å². The summed E-state index contributed by atoms with van der Waals surface area (Å²) in [6.45, 7) is 1.62. The molecule has 3 rings (SSSR count). The fourth-order valence-electron chi connectivity index (χ4n) is 3.56. The van der Waals surface area contributed by atoms with Gasteiger partial charge in [-0.25, -0.2) is 9.59 Å². The van der Waals surface area contributed by atoms with E-state index >= 15 is 0 Å². The second kappa shape index (κ2) is 9.24. The van der Waals surface area contributed by atoms with E-state index in [0.29, 0.717) is 12.8 Å². The van der Waals surface area contributed by atoms with Gasteiger partial charge in [-0.1, -0.05) is 18.2 Å². The first-order chi connectivity index (χ1) is 13.9. The second-order valence-electron chi connectivity index (χ2n) is 7.41. The molecule has 2 aliphatic rings. The van der Waals surface area contributed by atoms with Gasteiger partial charge in [0.25, 0.3) is 0 Å². The largest absolute Gasteiger partial charge is 0.497 e. The lowest BCUT2D eigenvalue weighted by Gasteiger charge is -2.25. The number of hydrogen-bond donors (Lipinski definition) is 2. The van der Waals surface area contributed by atoms with Crippen LogP contribution in [0.2, 0.25) is 0 Å². The summed E-state index contributed by atoms with van der Waals surface area (Å²) in [5.74, 6) is -0.699. The number of carbonyl (C=O) groups is 2. The highest BCUT2D eigenvalue weighted by atomic mass is 16.6. The van der Waals surface area contributed by atoms with Gasteiger partial charge in [-0.2, -0.15) is 0 Å². The Hall–Kier alpha value is -2.64. The molecule has 0 saturated heterocycles. The van der Waals surface area contributed by atoms with Crippen LogP contribution < -0.4 is 4.74 Å². The Bertz CT molecular complexity index is 783. The van der Waals surface area contributed by atoms with Gasteiger partial charge >= 0.3 is 11.9 Å². The standard InChI is InChI=1S/C22H26O7/c1-13(28-20(24)11-8-14-6-9-15(27-2)10-7-14)21(25)16-12-17(16)22(26)18-4-3-5-19(23)29-18/h3,5-11,13,16-18,21-22,25-26H,4,12H2,1-2H3/b11-8+/t13-,16+,17+,18-,21+,22+/m1/s1. The lowest BCUT2D eigenvalue weighted by atomic mass is 10.00. The molecule has 29 heavy (non-hydrogen) atoms. The van der Waals surface area contributed by atoms with Crippen LogP contribution in [0.4, 0.5) is 0 Å². The lowest BCUT2D eigenvalue weighted by molar-refractivity contribution is -0.153. The van der Waals surface area contributed by atoms with Crippen molar-refractivity contribution in [1.82, 2.24) is 0 Å².